The molecular formula is C16H24N2O4S. The molecule has 1 atom stereocenters. The summed E-state index contributed by atoms with van der Waals surface area (Å²) in [6.45, 7) is 7.42. The number of benzene rings is 1. The fourth-order valence-electron chi connectivity index (χ4n) is 2.63. The predicted molar refractivity (Wildman–Crippen MR) is 87.7 cm³/mol. The van der Waals surface area contributed by atoms with Gasteiger partial charge in [0, 0.05) is 25.7 Å². The molecule has 0 radical (unpaired) electrons. The lowest BCUT2D eigenvalue weighted by Gasteiger charge is -2.31. The van der Waals surface area contributed by atoms with E-state index in [1.165, 1.54) is 4.31 Å². The molecule has 1 saturated heterocycles. The zero-order chi connectivity index (χ0) is 17.0. The van der Waals surface area contributed by atoms with Crippen LogP contribution in [0.15, 0.2) is 23.1 Å². The Labute approximate surface area is 137 Å². The number of nitrogens with one attached hydrogen (secondary N) is 1. The molecule has 1 aromatic rings. The lowest BCUT2D eigenvalue weighted by Crippen LogP contribution is -2.51. The maximum atomic E-state index is 12.8. The second-order valence-electron chi connectivity index (χ2n) is 5.79. The number of hydrogen-bond acceptors (Lipinski definition) is 5. The van der Waals surface area contributed by atoms with Gasteiger partial charge in [0.15, 0.2) is 0 Å². The molecule has 7 heteroatoms. The van der Waals surface area contributed by atoms with E-state index < -0.39 is 10.0 Å². The molecular weight excluding hydrogens is 316 g/mol. The monoisotopic (exact) mass is 340 g/mol. The van der Waals surface area contributed by atoms with Gasteiger partial charge >= 0.3 is 5.97 Å². The van der Waals surface area contributed by atoms with Crippen LogP contribution >= 0.6 is 0 Å². The molecule has 1 heterocycles. The molecule has 0 aromatic heterocycles. The van der Waals surface area contributed by atoms with Crippen molar-refractivity contribution in [2.75, 3.05) is 26.2 Å². The van der Waals surface area contributed by atoms with Gasteiger partial charge in [-0.2, -0.15) is 4.31 Å². The number of nitrogens with zero attached hydrogens (tertiary/aromatic N) is 1. The van der Waals surface area contributed by atoms with E-state index in [0.717, 1.165) is 5.56 Å². The van der Waals surface area contributed by atoms with E-state index >= 15 is 0 Å². The quantitative estimate of drug-likeness (QED) is 0.812. The van der Waals surface area contributed by atoms with Gasteiger partial charge in [0.05, 0.1) is 17.9 Å². The zero-order valence-electron chi connectivity index (χ0n) is 13.8. The third-order valence-corrected chi connectivity index (χ3v) is 5.79. The predicted octanol–water partition coefficient (Wildman–Crippen LogP) is 1.08. The minimum atomic E-state index is -3.54. The van der Waals surface area contributed by atoms with E-state index in [2.05, 4.69) is 5.32 Å². The van der Waals surface area contributed by atoms with E-state index in [9.17, 15) is 13.2 Å². The summed E-state index contributed by atoms with van der Waals surface area (Å²) in [5.41, 5.74) is 1.57. The third-order valence-electron chi connectivity index (χ3n) is 3.93. The highest BCUT2D eigenvalue weighted by Crippen LogP contribution is 2.21. The number of carbonyl (C=O) groups is 1. The molecule has 1 N–H and O–H groups in total. The Balaban J connectivity index is 2.26. The molecule has 128 valence electrons. The Morgan fingerprint density at radius 3 is 2.83 bits per heavy atom. The number of piperazine rings is 1. The number of ether oxygens (including phenoxy) is 1. The van der Waals surface area contributed by atoms with Crippen LogP contribution in [0.5, 0.6) is 0 Å². The van der Waals surface area contributed by atoms with Crippen molar-refractivity contribution in [3.63, 3.8) is 0 Å². The fourth-order valence-corrected chi connectivity index (χ4v) is 4.21. The maximum Gasteiger partial charge on any atom is 0.310 e. The Hall–Kier alpha value is -1.44. The smallest absolute Gasteiger partial charge is 0.310 e. The summed E-state index contributed by atoms with van der Waals surface area (Å²) in [6.07, 6.45) is 0.0843. The van der Waals surface area contributed by atoms with Crippen molar-refractivity contribution in [3.05, 3.63) is 29.3 Å². The molecule has 1 fully saturated rings. The van der Waals surface area contributed by atoms with Crippen LogP contribution in [0.3, 0.4) is 0 Å². The number of aryl methyl sites for hydroxylation is 1. The van der Waals surface area contributed by atoms with E-state index in [1.807, 2.05) is 13.8 Å². The van der Waals surface area contributed by atoms with Gasteiger partial charge in [0.25, 0.3) is 0 Å². The molecule has 2 rings (SSSR count). The normalized spacial score (nSPS) is 19.5. The van der Waals surface area contributed by atoms with Gasteiger partial charge in [-0.05, 0) is 44.0 Å². The summed E-state index contributed by atoms with van der Waals surface area (Å²) in [4.78, 5) is 11.9. The lowest BCUT2D eigenvalue weighted by molar-refractivity contribution is -0.142. The van der Waals surface area contributed by atoms with Crippen molar-refractivity contribution < 1.29 is 17.9 Å². The van der Waals surface area contributed by atoms with Crippen molar-refractivity contribution in [2.45, 2.75) is 38.1 Å². The van der Waals surface area contributed by atoms with Crippen molar-refractivity contribution in [2.24, 2.45) is 0 Å². The molecule has 23 heavy (non-hydrogen) atoms. The van der Waals surface area contributed by atoms with Gasteiger partial charge < -0.3 is 10.1 Å². The molecule has 1 aromatic carbocycles. The van der Waals surface area contributed by atoms with Crippen molar-refractivity contribution in [1.29, 1.82) is 0 Å². The molecule has 1 unspecified atom stereocenters. The Morgan fingerprint density at radius 1 is 1.43 bits per heavy atom. The highest BCUT2D eigenvalue weighted by atomic mass is 32.2. The fraction of sp³-hybridized carbons (Fsp3) is 0.562. The van der Waals surface area contributed by atoms with Gasteiger partial charge in [-0.15, -0.1) is 0 Å². The first kappa shape index (κ1) is 17.9. The highest BCUT2D eigenvalue weighted by molar-refractivity contribution is 7.89. The number of sulfonamides is 1. The number of esters is 1. The minimum absolute atomic E-state index is 0.0843. The lowest BCUT2D eigenvalue weighted by atomic mass is 10.1. The second kappa shape index (κ2) is 7.42. The van der Waals surface area contributed by atoms with Gasteiger partial charge in [0.2, 0.25) is 10.0 Å². The number of carbonyl (C=O) groups excluding carboxylic acids is 1. The molecule has 0 amide bonds. The largest absolute Gasteiger partial charge is 0.466 e. The highest BCUT2D eigenvalue weighted by Gasteiger charge is 2.28. The molecule has 0 saturated carbocycles. The van der Waals surface area contributed by atoms with Crippen molar-refractivity contribution >= 4 is 16.0 Å². The first-order chi connectivity index (χ1) is 10.8. The van der Waals surface area contributed by atoms with Gasteiger partial charge in [-0.3, -0.25) is 4.79 Å². The SMILES string of the molecule is CCOC(=O)Cc1cc(S(=O)(=O)N2CCNC(C)C2)ccc1C. The molecule has 1 aliphatic rings. The third kappa shape index (κ3) is 4.31. The van der Waals surface area contributed by atoms with Gasteiger partial charge in [-0.1, -0.05) is 6.07 Å². The summed E-state index contributed by atoms with van der Waals surface area (Å²) in [5.74, 6) is -0.346. The molecule has 1 aliphatic heterocycles. The summed E-state index contributed by atoms with van der Waals surface area (Å²) in [7, 11) is -3.54. The summed E-state index contributed by atoms with van der Waals surface area (Å²) >= 11 is 0. The number of rotatable bonds is 5. The maximum absolute atomic E-state index is 12.8. The molecule has 0 spiro atoms. The molecule has 0 aliphatic carbocycles. The van der Waals surface area contributed by atoms with E-state index in [0.29, 0.717) is 31.8 Å². The average molecular weight is 340 g/mol. The van der Waals surface area contributed by atoms with Crippen LogP contribution in [0.1, 0.15) is 25.0 Å². The summed E-state index contributed by atoms with van der Waals surface area (Å²) in [6, 6.07) is 5.07. The summed E-state index contributed by atoms with van der Waals surface area (Å²) in [5, 5.41) is 3.23. The van der Waals surface area contributed by atoms with E-state index in [1.54, 1.807) is 25.1 Å². The molecule has 6 nitrogen and oxygen atoms in total. The average Bonchev–Trinajstić information content (AvgIpc) is 2.49. The Bertz CT molecular complexity index is 673. The zero-order valence-corrected chi connectivity index (χ0v) is 14.6. The van der Waals surface area contributed by atoms with Crippen LogP contribution in [0.25, 0.3) is 0 Å². The topological polar surface area (TPSA) is 75.7 Å². The van der Waals surface area contributed by atoms with Crippen LogP contribution in [0, 0.1) is 6.92 Å². The van der Waals surface area contributed by atoms with Gasteiger partial charge in [-0.25, -0.2) is 8.42 Å². The Morgan fingerprint density at radius 2 is 2.17 bits per heavy atom. The first-order valence-electron chi connectivity index (χ1n) is 7.83. The van der Waals surface area contributed by atoms with E-state index in [-0.39, 0.29) is 23.3 Å². The molecule has 0 bridgehead atoms. The Kier molecular flexibility index (Phi) is 5.78. The van der Waals surface area contributed by atoms with Crippen LogP contribution in [0.2, 0.25) is 0 Å². The van der Waals surface area contributed by atoms with Crippen molar-refractivity contribution in [1.82, 2.24) is 9.62 Å². The standard InChI is InChI=1S/C16H24N2O4S/c1-4-22-16(19)10-14-9-15(6-5-12(14)2)23(20,21)18-8-7-17-13(3)11-18/h5-6,9,13,17H,4,7-8,10-11H2,1-3H3. The first-order valence-corrected chi connectivity index (χ1v) is 9.27. The van der Waals surface area contributed by atoms with Crippen LogP contribution < -0.4 is 5.32 Å². The summed E-state index contributed by atoms with van der Waals surface area (Å²) < 4.78 is 32.0. The van der Waals surface area contributed by atoms with E-state index in [4.69, 9.17) is 4.74 Å². The van der Waals surface area contributed by atoms with Crippen LogP contribution in [0.4, 0.5) is 0 Å². The van der Waals surface area contributed by atoms with Crippen molar-refractivity contribution in [3.8, 4) is 0 Å². The van der Waals surface area contributed by atoms with Crippen LogP contribution in [-0.4, -0.2) is 51.0 Å². The van der Waals surface area contributed by atoms with Gasteiger partial charge in [0.1, 0.15) is 0 Å². The number of hydrogen-bond donors (Lipinski definition) is 1. The van der Waals surface area contributed by atoms with Crippen LogP contribution in [-0.2, 0) is 26.0 Å². The minimum Gasteiger partial charge on any atom is -0.466 e. The second-order valence-corrected chi connectivity index (χ2v) is 7.73.